The largest absolute Gasteiger partial charge is 0.264 e. The van der Waals surface area contributed by atoms with Gasteiger partial charge in [-0.3, -0.25) is 9.97 Å². The van der Waals surface area contributed by atoms with Gasteiger partial charge in [0.25, 0.3) is 0 Å². The number of benzene rings is 4. The van der Waals surface area contributed by atoms with Gasteiger partial charge >= 0.3 is 0 Å². The quantitative estimate of drug-likeness (QED) is 0.212. The van der Waals surface area contributed by atoms with Crippen molar-refractivity contribution in [1.82, 2.24) is 19.9 Å². The Bertz CT molecular complexity index is 1940. The van der Waals surface area contributed by atoms with E-state index in [9.17, 15) is 0 Å². The molecule has 0 aliphatic rings. The van der Waals surface area contributed by atoms with E-state index < -0.39 is 0 Å². The molecule has 3 heterocycles. The van der Waals surface area contributed by atoms with Gasteiger partial charge in [-0.05, 0) is 58.1 Å². The van der Waals surface area contributed by atoms with Crippen molar-refractivity contribution in [3.63, 3.8) is 0 Å². The van der Waals surface area contributed by atoms with Crippen LogP contribution < -0.4 is 0 Å². The molecule has 198 valence electrons. The lowest BCUT2D eigenvalue weighted by Gasteiger charge is -2.11. The Morgan fingerprint density at radius 3 is 1.33 bits per heavy atom. The van der Waals surface area contributed by atoms with Crippen molar-refractivity contribution in [2.75, 3.05) is 0 Å². The van der Waals surface area contributed by atoms with Gasteiger partial charge in [0.1, 0.15) is 0 Å². The average molecular weight is 539 g/mol. The number of nitrogens with zero attached hydrogens (tertiary/aromatic N) is 4. The molecule has 0 bridgehead atoms. The van der Waals surface area contributed by atoms with E-state index in [-0.39, 0.29) is 0 Å². The predicted octanol–water partition coefficient (Wildman–Crippen LogP) is 9.27. The average Bonchev–Trinajstić information content (AvgIpc) is 3.09. The molecule has 0 unspecified atom stereocenters. The summed E-state index contributed by atoms with van der Waals surface area (Å²) >= 11 is 0. The molecule has 4 aromatic carbocycles. The lowest BCUT2D eigenvalue weighted by atomic mass is 9.98. The highest BCUT2D eigenvalue weighted by molar-refractivity contribution is 5.77. The maximum Gasteiger partial charge on any atom is 0.161 e. The zero-order valence-corrected chi connectivity index (χ0v) is 22.8. The zero-order valence-electron chi connectivity index (χ0n) is 22.8. The second-order valence-electron chi connectivity index (χ2n) is 10.0. The lowest BCUT2D eigenvalue weighted by Crippen LogP contribution is -1.96. The normalized spacial score (nSPS) is 10.9. The summed E-state index contributed by atoms with van der Waals surface area (Å²) in [6, 6.07) is 46.0. The second kappa shape index (κ2) is 11.4. The van der Waals surface area contributed by atoms with Crippen LogP contribution in [0.1, 0.15) is 0 Å². The van der Waals surface area contributed by atoms with Crippen molar-refractivity contribution in [3.8, 4) is 67.3 Å². The second-order valence-corrected chi connectivity index (χ2v) is 10.0. The smallest absolute Gasteiger partial charge is 0.161 e. The monoisotopic (exact) mass is 538 g/mol. The van der Waals surface area contributed by atoms with E-state index in [1.54, 1.807) is 18.6 Å². The summed E-state index contributed by atoms with van der Waals surface area (Å²) in [5.41, 5.74) is 11.6. The summed E-state index contributed by atoms with van der Waals surface area (Å²) in [5, 5.41) is 0. The van der Waals surface area contributed by atoms with Crippen molar-refractivity contribution >= 4 is 0 Å². The van der Waals surface area contributed by atoms with Crippen LogP contribution in [0.5, 0.6) is 0 Å². The Balaban J connectivity index is 1.25. The van der Waals surface area contributed by atoms with Crippen molar-refractivity contribution in [2.45, 2.75) is 0 Å². The van der Waals surface area contributed by atoms with Crippen LogP contribution in [-0.2, 0) is 0 Å². The van der Waals surface area contributed by atoms with Crippen LogP contribution >= 0.6 is 0 Å². The van der Waals surface area contributed by atoms with Gasteiger partial charge in [-0.15, -0.1) is 0 Å². The third-order valence-electron chi connectivity index (χ3n) is 7.31. The van der Waals surface area contributed by atoms with Gasteiger partial charge in [0.05, 0.1) is 11.4 Å². The molecule has 0 atom stereocenters. The zero-order chi connectivity index (χ0) is 28.1. The molecule has 0 aliphatic carbocycles. The minimum Gasteiger partial charge on any atom is -0.264 e. The molecule has 0 spiro atoms. The van der Waals surface area contributed by atoms with Crippen LogP contribution in [0.25, 0.3) is 67.3 Å². The van der Waals surface area contributed by atoms with Crippen LogP contribution in [0.4, 0.5) is 0 Å². The fourth-order valence-corrected chi connectivity index (χ4v) is 5.08. The summed E-state index contributed by atoms with van der Waals surface area (Å²) in [7, 11) is 0. The van der Waals surface area contributed by atoms with Gasteiger partial charge in [-0.1, -0.05) is 103 Å². The predicted molar refractivity (Wildman–Crippen MR) is 170 cm³/mol. The van der Waals surface area contributed by atoms with Crippen LogP contribution in [0.15, 0.2) is 158 Å². The van der Waals surface area contributed by atoms with Crippen LogP contribution in [0, 0.1) is 0 Å². The van der Waals surface area contributed by atoms with Gasteiger partial charge in [-0.2, -0.15) is 0 Å². The first kappa shape index (κ1) is 25.2. The highest BCUT2D eigenvalue weighted by atomic mass is 14.9. The van der Waals surface area contributed by atoms with Crippen molar-refractivity contribution < 1.29 is 0 Å². The van der Waals surface area contributed by atoms with Crippen LogP contribution in [0.3, 0.4) is 0 Å². The number of rotatable bonds is 6. The Morgan fingerprint density at radius 1 is 0.310 bits per heavy atom. The Hall–Kier alpha value is -5.74. The molecule has 0 saturated carbocycles. The van der Waals surface area contributed by atoms with E-state index in [0.29, 0.717) is 5.82 Å². The minimum atomic E-state index is 0.649. The maximum atomic E-state index is 4.96. The Labute approximate surface area is 245 Å². The molecule has 0 aliphatic heterocycles. The molecule has 7 aromatic rings. The van der Waals surface area contributed by atoms with Gasteiger partial charge in [0, 0.05) is 47.0 Å². The fraction of sp³-hybridized carbons (Fsp3) is 0. The molecule has 0 amide bonds. The first-order valence-corrected chi connectivity index (χ1v) is 13.9. The van der Waals surface area contributed by atoms with Gasteiger partial charge < -0.3 is 0 Å². The van der Waals surface area contributed by atoms with Crippen molar-refractivity contribution in [1.29, 1.82) is 0 Å². The molecular formula is C38H26N4. The highest BCUT2D eigenvalue weighted by Crippen LogP contribution is 2.31. The standard InChI is InChI=1S/C38H26N4/c1-2-7-27(8-3-1)28-13-17-30(18-14-28)36-24-37(42-38(41-36)35-12-6-22-40-26-35)31-19-15-29(16-20-31)32-9-4-10-33(23-32)34-11-5-21-39-25-34/h1-26H. The van der Waals surface area contributed by atoms with Crippen molar-refractivity contribution in [2.24, 2.45) is 0 Å². The molecule has 0 radical (unpaired) electrons. The Morgan fingerprint density at radius 2 is 0.762 bits per heavy atom. The first-order valence-electron chi connectivity index (χ1n) is 13.9. The van der Waals surface area contributed by atoms with E-state index in [4.69, 9.17) is 9.97 Å². The summed E-state index contributed by atoms with van der Waals surface area (Å²) in [5.74, 6) is 0.649. The minimum absolute atomic E-state index is 0.649. The number of hydrogen-bond donors (Lipinski definition) is 0. The van der Waals surface area contributed by atoms with E-state index in [1.807, 2.05) is 30.5 Å². The van der Waals surface area contributed by atoms with Crippen molar-refractivity contribution in [3.05, 3.63) is 158 Å². The summed E-state index contributed by atoms with van der Waals surface area (Å²) in [4.78, 5) is 18.5. The number of pyridine rings is 2. The molecule has 3 aromatic heterocycles. The molecule has 7 rings (SSSR count). The number of aromatic nitrogens is 4. The molecule has 4 nitrogen and oxygen atoms in total. The third-order valence-corrected chi connectivity index (χ3v) is 7.31. The molecule has 42 heavy (non-hydrogen) atoms. The van der Waals surface area contributed by atoms with Gasteiger partial charge in [0.15, 0.2) is 5.82 Å². The van der Waals surface area contributed by atoms with E-state index in [1.165, 1.54) is 11.1 Å². The van der Waals surface area contributed by atoms with Gasteiger partial charge in [-0.25, -0.2) is 9.97 Å². The lowest BCUT2D eigenvalue weighted by molar-refractivity contribution is 1.17. The summed E-state index contributed by atoms with van der Waals surface area (Å²) < 4.78 is 0. The molecule has 0 N–H and O–H groups in total. The first-order chi connectivity index (χ1) is 20.8. The molecule has 0 fully saturated rings. The van der Waals surface area contributed by atoms with E-state index in [2.05, 4.69) is 119 Å². The Kier molecular flexibility index (Phi) is 6.85. The van der Waals surface area contributed by atoms with Crippen LogP contribution in [0.2, 0.25) is 0 Å². The molecule has 4 heteroatoms. The van der Waals surface area contributed by atoms with E-state index in [0.717, 1.165) is 50.3 Å². The SMILES string of the molecule is c1ccc(-c2ccc(-c3cc(-c4ccc(-c5cccc(-c6cccnc6)c5)cc4)nc(-c4cccnc4)n3)cc2)cc1. The van der Waals surface area contributed by atoms with Crippen LogP contribution in [-0.4, -0.2) is 19.9 Å². The topological polar surface area (TPSA) is 51.6 Å². The molecule has 0 saturated heterocycles. The van der Waals surface area contributed by atoms with E-state index >= 15 is 0 Å². The number of hydrogen-bond acceptors (Lipinski definition) is 4. The third kappa shape index (κ3) is 5.34. The fourth-order valence-electron chi connectivity index (χ4n) is 5.08. The molecular weight excluding hydrogens is 512 g/mol. The summed E-state index contributed by atoms with van der Waals surface area (Å²) in [6.07, 6.45) is 7.26. The maximum absolute atomic E-state index is 4.96. The summed E-state index contributed by atoms with van der Waals surface area (Å²) in [6.45, 7) is 0. The van der Waals surface area contributed by atoms with Gasteiger partial charge in [0.2, 0.25) is 0 Å². The highest BCUT2D eigenvalue weighted by Gasteiger charge is 2.12.